The van der Waals surface area contributed by atoms with E-state index in [0.717, 1.165) is 21.5 Å². The molecule has 0 radical (unpaired) electrons. The van der Waals surface area contributed by atoms with Gasteiger partial charge in [0.1, 0.15) is 11.5 Å². The van der Waals surface area contributed by atoms with E-state index in [2.05, 4.69) is 0 Å². The molecule has 102 valence electrons. The molecular formula is C18H11ClO2. The summed E-state index contributed by atoms with van der Waals surface area (Å²) < 4.78 is 0. The number of aromatic hydroxyl groups is 2. The first-order chi connectivity index (χ1) is 10.1. The minimum atomic E-state index is 0.163. The molecule has 0 spiro atoms. The highest BCUT2D eigenvalue weighted by molar-refractivity contribution is 6.32. The molecule has 2 nitrogen and oxygen atoms in total. The fourth-order valence-corrected chi connectivity index (χ4v) is 3.14. The second kappa shape index (κ2) is 4.27. The number of hydrogen-bond acceptors (Lipinski definition) is 2. The van der Waals surface area contributed by atoms with Gasteiger partial charge >= 0.3 is 0 Å². The molecule has 3 heteroatoms. The molecule has 4 aromatic carbocycles. The molecule has 0 aliphatic rings. The van der Waals surface area contributed by atoms with E-state index in [1.165, 1.54) is 0 Å². The Bertz CT molecular complexity index is 1020. The smallest absolute Gasteiger partial charge is 0.124 e. The Kier molecular flexibility index (Phi) is 2.50. The van der Waals surface area contributed by atoms with Gasteiger partial charge in [-0.3, -0.25) is 0 Å². The van der Waals surface area contributed by atoms with Crippen LogP contribution in [0.4, 0.5) is 0 Å². The fourth-order valence-electron chi connectivity index (χ4n) is 2.96. The van der Waals surface area contributed by atoms with Crippen molar-refractivity contribution in [2.24, 2.45) is 0 Å². The Balaban J connectivity index is 2.37. The maximum Gasteiger partial charge on any atom is 0.124 e. The van der Waals surface area contributed by atoms with Gasteiger partial charge in [-0.2, -0.15) is 0 Å². The molecule has 0 amide bonds. The van der Waals surface area contributed by atoms with Crippen LogP contribution in [0.25, 0.3) is 32.3 Å². The molecule has 0 aromatic heterocycles. The van der Waals surface area contributed by atoms with Crippen molar-refractivity contribution in [1.29, 1.82) is 0 Å². The number of hydrogen-bond donors (Lipinski definition) is 2. The van der Waals surface area contributed by atoms with Crippen LogP contribution in [0.15, 0.2) is 54.6 Å². The van der Waals surface area contributed by atoms with Crippen LogP contribution in [0.2, 0.25) is 5.02 Å². The van der Waals surface area contributed by atoms with Crippen molar-refractivity contribution in [3.05, 3.63) is 59.6 Å². The number of benzene rings is 4. The molecule has 0 fully saturated rings. The Morgan fingerprint density at radius 1 is 0.667 bits per heavy atom. The molecule has 0 saturated carbocycles. The number of phenolic OH excluding ortho intramolecular Hbond substituents is 2. The van der Waals surface area contributed by atoms with Crippen LogP contribution in [-0.2, 0) is 0 Å². The fraction of sp³-hybridized carbons (Fsp3) is 0. The second-order valence-corrected chi connectivity index (χ2v) is 5.56. The average Bonchev–Trinajstić information content (AvgIpc) is 2.47. The van der Waals surface area contributed by atoms with Gasteiger partial charge < -0.3 is 10.2 Å². The summed E-state index contributed by atoms with van der Waals surface area (Å²) in [6, 6.07) is 16.5. The van der Waals surface area contributed by atoms with Gasteiger partial charge in [-0.05, 0) is 40.4 Å². The first kappa shape index (κ1) is 12.3. The summed E-state index contributed by atoms with van der Waals surface area (Å²) in [6.07, 6.45) is 0. The van der Waals surface area contributed by atoms with Gasteiger partial charge in [-0.1, -0.05) is 41.9 Å². The van der Waals surface area contributed by atoms with Gasteiger partial charge in [0.25, 0.3) is 0 Å². The first-order valence-corrected chi connectivity index (χ1v) is 6.98. The van der Waals surface area contributed by atoms with E-state index >= 15 is 0 Å². The van der Waals surface area contributed by atoms with Crippen molar-refractivity contribution in [3.8, 4) is 11.5 Å². The summed E-state index contributed by atoms with van der Waals surface area (Å²) in [7, 11) is 0. The average molecular weight is 295 g/mol. The van der Waals surface area contributed by atoms with Gasteiger partial charge in [-0.25, -0.2) is 0 Å². The van der Waals surface area contributed by atoms with Gasteiger partial charge in [0.05, 0.1) is 0 Å². The van der Waals surface area contributed by atoms with E-state index in [1.807, 2.05) is 30.3 Å². The molecule has 2 N–H and O–H groups in total. The van der Waals surface area contributed by atoms with E-state index in [9.17, 15) is 10.2 Å². The van der Waals surface area contributed by atoms with E-state index in [0.29, 0.717) is 15.8 Å². The lowest BCUT2D eigenvalue weighted by Crippen LogP contribution is -1.83. The third kappa shape index (κ3) is 1.73. The van der Waals surface area contributed by atoms with Crippen LogP contribution in [-0.4, -0.2) is 10.2 Å². The van der Waals surface area contributed by atoms with Crippen LogP contribution in [0.5, 0.6) is 11.5 Å². The third-order valence-corrected chi connectivity index (χ3v) is 4.11. The number of fused-ring (bicyclic) bond motifs is 5. The van der Waals surface area contributed by atoms with E-state index in [4.69, 9.17) is 11.6 Å². The van der Waals surface area contributed by atoms with Gasteiger partial charge in [-0.15, -0.1) is 0 Å². The molecule has 0 unspecified atom stereocenters. The standard InChI is InChI=1S/C18H11ClO2/c19-12-6-7-13-10(8-12)4-5-11-9-16(21)14-2-1-3-15(20)18(14)17(11)13/h1-9,20-21H. The molecule has 0 atom stereocenters. The van der Waals surface area contributed by atoms with Crippen LogP contribution < -0.4 is 0 Å². The van der Waals surface area contributed by atoms with Gasteiger partial charge in [0, 0.05) is 21.2 Å². The minimum Gasteiger partial charge on any atom is -0.507 e. The molecule has 0 saturated heterocycles. The molecule has 21 heavy (non-hydrogen) atoms. The highest BCUT2D eigenvalue weighted by Crippen LogP contribution is 2.41. The molecule has 0 heterocycles. The highest BCUT2D eigenvalue weighted by atomic mass is 35.5. The lowest BCUT2D eigenvalue weighted by molar-refractivity contribution is 0.476. The monoisotopic (exact) mass is 294 g/mol. The zero-order chi connectivity index (χ0) is 14.6. The lowest BCUT2D eigenvalue weighted by Gasteiger charge is -2.11. The summed E-state index contributed by atoms with van der Waals surface area (Å²) in [5, 5.41) is 26.3. The number of halogens is 1. The highest BCUT2D eigenvalue weighted by Gasteiger charge is 2.12. The van der Waals surface area contributed by atoms with Crippen molar-refractivity contribution in [3.63, 3.8) is 0 Å². The largest absolute Gasteiger partial charge is 0.507 e. The normalized spacial score (nSPS) is 11.5. The zero-order valence-corrected chi connectivity index (χ0v) is 11.7. The summed E-state index contributed by atoms with van der Waals surface area (Å²) in [4.78, 5) is 0. The summed E-state index contributed by atoms with van der Waals surface area (Å²) in [6.45, 7) is 0. The molecule has 0 aliphatic heterocycles. The Morgan fingerprint density at radius 2 is 1.48 bits per heavy atom. The van der Waals surface area contributed by atoms with Crippen LogP contribution in [0.1, 0.15) is 0 Å². The quantitative estimate of drug-likeness (QED) is 0.437. The molecule has 0 aliphatic carbocycles. The van der Waals surface area contributed by atoms with E-state index in [1.54, 1.807) is 24.3 Å². The number of phenols is 2. The zero-order valence-electron chi connectivity index (χ0n) is 11.0. The van der Waals surface area contributed by atoms with Crippen molar-refractivity contribution in [2.75, 3.05) is 0 Å². The van der Waals surface area contributed by atoms with Crippen molar-refractivity contribution >= 4 is 43.9 Å². The van der Waals surface area contributed by atoms with E-state index < -0.39 is 0 Å². The van der Waals surface area contributed by atoms with Gasteiger partial charge in [0.2, 0.25) is 0 Å². The minimum absolute atomic E-state index is 0.163. The van der Waals surface area contributed by atoms with Crippen LogP contribution >= 0.6 is 11.6 Å². The summed E-state index contributed by atoms with van der Waals surface area (Å²) >= 11 is 6.06. The predicted molar refractivity (Wildman–Crippen MR) is 87.3 cm³/mol. The maximum atomic E-state index is 10.3. The summed E-state index contributed by atoms with van der Waals surface area (Å²) in [5.41, 5.74) is 0. The third-order valence-electron chi connectivity index (χ3n) is 3.87. The van der Waals surface area contributed by atoms with Crippen molar-refractivity contribution in [1.82, 2.24) is 0 Å². The topological polar surface area (TPSA) is 40.5 Å². The van der Waals surface area contributed by atoms with Crippen LogP contribution in [0.3, 0.4) is 0 Å². The Morgan fingerprint density at radius 3 is 2.33 bits per heavy atom. The summed E-state index contributed by atoms with van der Waals surface area (Å²) in [5.74, 6) is 0.331. The predicted octanol–water partition coefficient (Wildman–Crippen LogP) is 5.21. The SMILES string of the molecule is Oc1cc2ccc3cc(Cl)ccc3c2c2c(O)cccc12. The first-order valence-electron chi connectivity index (χ1n) is 6.61. The molecule has 4 aromatic rings. The van der Waals surface area contributed by atoms with Gasteiger partial charge in [0.15, 0.2) is 0 Å². The Labute approximate surface area is 125 Å². The molecule has 0 bridgehead atoms. The molecular weight excluding hydrogens is 284 g/mol. The Hall–Kier alpha value is -2.45. The van der Waals surface area contributed by atoms with Crippen molar-refractivity contribution < 1.29 is 10.2 Å². The number of rotatable bonds is 0. The van der Waals surface area contributed by atoms with Crippen LogP contribution in [0, 0.1) is 0 Å². The molecule has 4 rings (SSSR count). The lowest BCUT2D eigenvalue weighted by atomic mass is 9.95. The second-order valence-electron chi connectivity index (χ2n) is 5.12. The maximum absolute atomic E-state index is 10.3. The van der Waals surface area contributed by atoms with Crippen molar-refractivity contribution in [2.45, 2.75) is 0 Å². The van der Waals surface area contributed by atoms with E-state index in [-0.39, 0.29) is 11.5 Å².